The van der Waals surface area contributed by atoms with E-state index in [1.807, 2.05) is 0 Å². The lowest BCUT2D eigenvalue weighted by molar-refractivity contribution is -0.141. The second kappa shape index (κ2) is 7.72. The summed E-state index contributed by atoms with van der Waals surface area (Å²) in [4.78, 5) is 25.4. The first kappa shape index (κ1) is 19.7. The van der Waals surface area contributed by atoms with E-state index < -0.39 is 27.8 Å². The van der Waals surface area contributed by atoms with Gasteiger partial charge in [-0.05, 0) is 24.6 Å². The molecule has 2 rings (SSSR count). The number of aliphatic carboxylic acids is 1. The molecule has 2 atom stereocenters. The van der Waals surface area contributed by atoms with Crippen LogP contribution in [0.4, 0.5) is 0 Å². The Labute approximate surface area is 152 Å². The molecular weight excluding hydrogens is 368 g/mol. The van der Waals surface area contributed by atoms with Crippen molar-refractivity contribution in [3.8, 4) is 0 Å². The molecule has 1 N–H and O–H groups in total. The van der Waals surface area contributed by atoms with Gasteiger partial charge in [-0.25, -0.2) is 8.42 Å². The number of likely N-dealkylation sites (tertiary alicyclic amines) is 1. The first-order valence-electron chi connectivity index (χ1n) is 7.85. The van der Waals surface area contributed by atoms with Crippen LogP contribution in [0.2, 0.25) is 5.02 Å². The molecule has 1 heterocycles. The molecule has 1 aromatic carbocycles. The highest BCUT2D eigenvalue weighted by atomic mass is 35.5. The van der Waals surface area contributed by atoms with Crippen molar-refractivity contribution in [1.82, 2.24) is 9.21 Å². The fourth-order valence-electron chi connectivity index (χ4n) is 2.91. The van der Waals surface area contributed by atoms with Gasteiger partial charge in [0.1, 0.15) is 0 Å². The molecule has 1 saturated heterocycles. The summed E-state index contributed by atoms with van der Waals surface area (Å²) in [5.74, 6) is -2.57. The molecule has 1 amide bonds. The Morgan fingerprint density at radius 1 is 1.28 bits per heavy atom. The van der Waals surface area contributed by atoms with Gasteiger partial charge in [-0.2, -0.15) is 4.31 Å². The van der Waals surface area contributed by atoms with E-state index in [1.54, 1.807) is 24.3 Å². The molecule has 1 aromatic rings. The van der Waals surface area contributed by atoms with Gasteiger partial charge in [0.05, 0.1) is 18.2 Å². The number of benzene rings is 1. The fourth-order valence-corrected chi connectivity index (χ4v) is 3.79. The number of carbonyl (C=O) groups is 2. The average Bonchev–Trinajstić information content (AvgIpc) is 3.01. The number of carbonyl (C=O) groups excluding carboxylic acids is 1. The normalized spacial score (nSPS) is 20.9. The smallest absolute Gasteiger partial charge is 0.308 e. The van der Waals surface area contributed by atoms with Crippen LogP contribution in [0, 0.1) is 5.92 Å². The van der Waals surface area contributed by atoms with E-state index in [4.69, 9.17) is 11.6 Å². The monoisotopic (exact) mass is 388 g/mol. The van der Waals surface area contributed by atoms with Crippen molar-refractivity contribution in [2.75, 3.05) is 32.4 Å². The van der Waals surface area contributed by atoms with Crippen LogP contribution in [0.1, 0.15) is 18.4 Å². The Morgan fingerprint density at radius 2 is 1.88 bits per heavy atom. The molecule has 0 aliphatic carbocycles. The van der Waals surface area contributed by atoms with Crippen LogP contribution in [-0.2, 0) is 19.6 Å². The zero-order valence-corrected chi connectivity index (χ0v) is 15.6. The standard InChI is InChI=1S/C16H21ClN2O5S/c1-3-25(23,24)18(2)10-15(20)19-8-13(14(9-19)16(21)22)11-4-6-12(17)7-5-11/h4-7,13-14H,3,8-10H2,1-2H3,(H,21,22)/t13-,14+/m0/s1. The summed E-state index contributed by atoms with van der Waals surface area (Å²) in [7, 11) is -2.12. The first-order chi connectivity index (χ1) is 11.7. The maximum Gasteiger partial charge on any atom is 0.308 e. The zero-order chi connectivity index (χ0) is 18.8. The lowest BCUT2D eigenvalue weighted by Gasteiger charge is -2.21. The summed E-state index contributed by atoms with van der Waals surface area (Å²) >= 11 is 5.87. The van der Waals surface area contributed by atoms with E-state index in [9.17, 15) is 23.1 Å². The number of carboxylic acids is 1. The molecular formula is C16H21ClN2O5S. The van der Waals surface area contributed by atoms with Crippen molar-refractivity contribution < 1.29 is 23.1 Å². The van der Waals surface area contributed by atoms with Gasteiger partial charge in [0.15, 0.2) is 0 Å². The first-order valence-corrected chi connectivity index (χ1v) is 9.84. The molecule has 0 bridgehead atoms. The number of likely N-dealkylation sites (N-methyl/N-ethyl adjacent to an activating group) is 1. The third kappa shape index (κ3) is 4.50. The molecule has 25 heavy (non-hydrogen) atoms. The molecule has 1 fully saturated rings. The van der Waals surface area contributed by atoms with E-state index in [-0.39, 0.29) is 31.3 Å². The van der Waals surface area contributed by atoms with Crippen LogP contribution in [0.5, 0.6) is 0 Å². The molecule has 0 aromatic heterocycles. The van der Waals surface area contributed by atoms with Crippen molar-refractivity contribution in [2.45, 2.75) is 12.8 Å². The summed E-state index contributed by atoms with van der Waals surface area (Å²) in [5, 5.41) is 10.0. The molecule has 0 spiro atoms. The quantitative estimate of drug-likeness (QED) is 0.791. The van der Waals surface area contributed by atoms with Crippen LogP contribution in [0.15, 0.2) is 24.3 Å². The summed E-state index contributed by atoms with van der Waals surface area (Å²) in [6, 6.07) is 6.87. The number of hydrogen-bond acceptors (Lipinski definition) is 4. The van der Waals surface area contributed by atoms with Crippen molar-refractivity contribution in [3.05, 3.63) is 34.9 Å². The summed E-state index contributed by atoms with van der Waals surface area (Å²) in [6.45, 7) is 1.50. The fraction of sp³-hybridized carbons (Fsp3) is 0.500. The summed E-state index contributed by atoms with van der Waals surface area (Å²) in [6.07, 6.45) is 0. The van der Waals surface area contributed by atoms with Crippen molar-refractivity contribution in [1.29, 1.82) is 0 Å². The van der Waals surface area contributed by atoms with E-state index in [0.29, 0.717) is 5.02 Å². The van der Waals surface area contributed by atoms with E-state index in [2.05, 4.69) is 0 Å². The number of sulfonamides is 1. The predicted molar refractivity (Wildman–Crippen MR) is 94.0 cm³/mol. The van der Waals surface area contributed by atoms with E-state index in [1.165, 1.54) is 18.9 Å². The Balaban J connectivity index is 2.15. The number of carboxylic acid groups (broad SMARTS) is 1. The number of amides is 1. The van der Waals surface area contributed by atoms with Crippen molar-refractivity contribution in [2.24, 2.45) is 5.92 Å². The van der Waals surface area contributed by atoms with E-state index in [0.717, 1.165) is 9.87 Å². The van der Waals surface area contributed by atoms with Gasteiger partial charge in [-0.15, -0.1) is 0 Å². The SMILES string of the molecule is CCS(=O)(=O)N(C)CC(=O)N1C[C@@H](C(=O)O)[C@H](c2ccc(Cl)cc2)C1. The molecule has 9 heteroatoms. The van der Waals surface area contributed by atoms with Gasteiger partial charge >= 0.3 is 5.97 Å². The highest BCUT2D eigenvalue weighted by molar-refractivity contribution is 7.89. The molecule has 1 aliphatic heterocycles. The van der Waals surface area contributed by atoms with Gasteiger partial charge < -0.3 is 10.0 Å². The van der Waals surface area contributed by atoms with Gasteiger partial charge in [0.25, 0.3) is 0 Å². The minimum atomic E-state index is -3.47. The Morgan fingerprint density at radius 3 is 2.40 bits per heavy atom. The van der Waals surface area contributed by atoms with Gasteiger partial charge in [-0.1, -0.05) is 23.7 Å². The number of rotatable bonds is 6. The van der Waals surface area contributed by atoms with Crippen LogP contribution in [0.3, 0.4) is 0 Å². The second-order valence-corrected chi connectivity index (χ2v) is 8.86. The third-order valence-corrected chi connectivity index (χ3v) is 6.55. The number of halogens is 1. The largest absolute Gasteiger partial charge is 0.481 e. The lowest BCUT2D eigenvalue weighted by Crippen LogP contribution is -2.41. The second-order valence-electron chi connectivity index (χ2n) is 6.06. The average molecular weight is 389 g/mol. The Bertz CT molecular complexity index is 750. The maximum atomic E-state index is 12.4. The topological polar surface area (TPSA) is 95.0 Å². The molecule has 7 nitrogen and oxygen atoms in total. The predicted octanol–water partition coefficient (Wildman–Crippen LogP) is 1.25. The van der Waals surface area contributed by atoms with Gasteiger partial charge in [0.2, 0.25) is 15.9 Å². The zero-order valence-electron chi connectivity index (χ0n) is 14.1. The third-order valence-electron chi connectivity index (χ3n) is 4.49. The maximum absolute atomic E-state index is 12.4. The van der Waals surface area contributed by atoms with Gasteiger partial charge in [0, 0.05) is 31.1 Å². The van der Waals surface area contributed by atoms with Crippen LogP contribution >= 0.6 is 11.6 Å². The molecule has 0 unspecified atom stereocenters. The van der Waals surface area contributed by atoms with Crippen LogP contribution in [-0.4, -0.2) is 67.0 Å². The molecule has 1 aliphatic rings. The Hall–Kier alpha value is -1.64. The van der Waals surface area contributed by atoms with Crippen LogP contribution in [0.25, 0.3) is 0 Å². The Kier molecular flexibility index (Phi) is 6.08. The summed E-state index contributed by atoms with van der Waals surface area (Å²) < 4.78 is 24.6. The molecule has 0 saturated carbocycles. The van der Waals surface area contributed by atoms with Crippen LogP contribution < -0.4 is 0 Å². The minimum absolute atomic E-state index is 0.0570. The highest BCUT2D eigenvalue weighted by Crippen LogP contribution is 2.33. The highest BCUT2D eigenvalue weighted by Gasteiger charge is 2.40. The van der Waals surface area contributed by atoms with Crippen molar-refractivity contribution >= 4 is 33.5 Å². The molecule has 138 valence electrons. The number of hydrogen-bond donors (Lipinski definition) is 1. The number of nitrogens with zero attached hydrogens (tertiary/aromatic N) is 2. The lowest BCUT2D eigenvalue weighted by atomic mass is 9.89. The minimum Gasteiger partial charge on any atom is -0.481 e. The summed E-state index contributed by atoms with van der Waals surface area (Å²) in [5.41, 5.74) is 0.793. The van der Waals surface area contributed by atoms with Crippen molar-refractivity contribution in [3.63, 3.8) is 0 Å². The van der Waals surface area contributed by atoms with Gasteiger partial charge in [-0.3, -0.25) is 9.59 Å². The molecule has 0 radical (unpaired) electrons. The van der Waals surface area contributed by atoms with E-state index >= 15 is 0 Å².